The molecule has 0 aliphatic rings. The van der Waals surface area contributed by atoms with Gasteiger partial charge in [0, 0.05) is 18.3 Å². The Labute approximate surface area is 136 Å². The maximum Gasteiger partial charge on any atom is 0.189 e. The van der Waals surface area contributed by atoms with Gasteiger partial charge in [-0.3, -0.25) is 9.36 Å². The molecule has 0 fully saturated rings. The fourth-order valence-electron chi connectivity index (χ4n) is 2.13. The average Bonchev–Trinajstić information content (AvgIpc) is 2.50. The lowest BCUT2D eigenvalue weighted by Gasteiger charge is -2.13. The van der Waals surface area contributed by atoms with Crippen LogP contribution < -0.4 is 11.2 Å². The van der Waals surface area contributed by atoms with E-state index in [4.69, 9.17) is 28.9 Å². The number of rotatable bonds is 1. The van der Waals surface area contributed by atoms with Crippen LogP contribution in [0.2, 0.25) is 10.0 Å². The first-order valence-electron chi connectivity index (χ1n) is 6.12. The standard InChI is InChI=1S/C14H6Cl2F3N3O/c15-6-4-8(18)14(21-13(6)20)22-2-1-9(23)5-3-7(17)11(19)10(16)12(5)22/h1-4H,(H2,20,21). The summed E-state index contributed by atoms with van der Waals surface area (Å²) in [6, 6.07) is 2.64. The Morgan fingerprint density at radius 1 is 1.13 bits per heavy atom. The van der Waals surface area contributed by atoms with Crippen LogP contribution in [-0.2, 0) is 0 Å². The lowest BCUT2D eigenvalue weighted by molar-refractivity contribution is 0.510. The fourth-order valence-corrected chi connectivity index (χ4v) is 2.55. The van der Waals surface area contributed by atoms with Crippen molar-refractivity contribution in [2.24, 2.45) is 0 Å². The highest BCUT2D eigenvalue weighted by Gasteiger charge is 2.19. The Balaban J connectivity index is 2.49. The van der Waals surface area contributed by atoms with Gasteiger partial charge in [-0.25, -0.2) is 18.2 Å². The molecule has 0 amide bonds. The third-order valence-electron chi connectivity index (χ3n) is 3.18. The molecule has 4 nitrogen and oxygen atoms in total. The van der Waals surface area contributed by atoms with Crippen molar-refractivity contribution in [1.29, 1.82) is 0 Å². The van der Waals surface area contributed by atoms with Gasteiger partial charge in [-0.15, -0.1) is 0 Å². The van der Waals surface area contributed by atoms with Crippen LogP contribution in [0.4, 0.5) is 19.0 Å². The van der Waals surface area contributed by atoms with Crippen LogP contribution in [0.15, 0.2) is 29.2 Å². The third-order valence-corrected chi connectivity index (χ3v) is 3.83. The van der Waals surface area contributed by atoms with Crippen LogP contribution in [0.25, 0.3) is 16.7 Å². The van der Waals surface area contributed by atoms with Crippen LogP contribution in [0.3, 0.4) is 0 Å². The van der Waals surface area contributed by atoms with Gasteiger partial charge in [0.05, 0.1) is 15.9 Å². The van der Waals surface area contributed by atoms with E-state index in [0.717, 1.165) is 22.9 Å². The first kappa shape index (κ1) is 15.6. The zero-order valence-corrected chi connectivity index (χ0v) is 12.6. The van der Waals surface area contributed by atoms with Gasteiger partial charge in [0.1, 0.15) is 10.8 Å². The summed E-state index contributed by atoms with van der Waals surface area (Å²) >= 11 is 11.5. The van der Waals surface area contributed by atoms with Crippen molar-refractivity contribution in [3.05, 3.63) is 62.1 Å². The molecule has 0 saturated carbocycles. The van der Waals surface area contributed by atoms with Crippen LogP contribution in [0.1, 0.15) is 0 Å². The summed E-state index contributed by atoms with van der Waals surface area (Å²) in [6.45, 7) is 0. The second-order valence-electron chi connectivity index (χ2n) is 4.59. The molecule has 23 heavy (non-hydrogen) atoms. The maximum atomic E-state index is 14.1. The number of nitrogens with zero attached hydrogens (tertiary/aromatic N) is 2. The molecular weight excluding hydrogens is 354 g/mol. The average molecular weight is 360 g/mol. The predicted octanol–water partition coefficient (Wildman–Crippen LogP) is 3.69. The zero-order valence-electron chi connectivity index (χ0n) is 11.1. The third kappa shape index (κ3) is 2.42. The zero-order chi connectivity index (χ0) is 16.9. The van der Waals surface area contributed by atoms with Gasteiger partial charge in [-0.1, -0.05) is 23.2 Å². The molecule has 118 valence electrons. The molecule has 0 atom stereocenters. The van der Waals surface area contributed by atoms with E-state index in [9.17, 15) is 18.0 Å². The van der Waals surface area contributed by atoms with Gasteiger partial charge in [0.15, 0.2) is 28.7 Å². The number of pyridine rings is 2. The molecule has 3 aromatic rings. The first-order chi connectivity index (χ1) is 10.8. The summed E-state index contributed by atoms with van der Waals surface area (Å²) in [5.74, 6) is -4.06. The number of nitrogens with two attached hydrogens (primary N) is 1. The smallest absolute Gasteiger partial charge is 0.189 e. The predicted molar refractivity (Wildman–Crippen MR) is 81.6 cm³/mol. The Bertz CT molecular complexity index is 1020. The molecule has 0 bridgehead atoms. The van der Waals surface area contributed by atoms with Crippen LogP contribution in [-0.4, -0.2) is 9.55 Å². The van der Waals surface area contributed by atoms with E-state index >= 15 is 0 Å². The van der Waals surface area contributed by atoms with Gasteiger partial charge in [-0.2, -0.15) is 0 Å². The second kappa shape index (κ2) is 5.43. The quantitative estimate of drug-likeness (QED) is 0.674. The van der Waals surface area contributed by atoms with Crippen LogP contribution >= 0.6 is 23.2 Å². The molecule has 2 N–H and O–H groups in total. The molecule has 2 heterocycles. The SMILES string of the molecule is Nc1nc(-n2ccc(=O)c3cc(F)c(F)c(Cl)c32)c(F)cc1Cl. The minimum Gasteiger partial charge on any atom is -0.382 e. The van der Waals surface area contributed by atoms with Crippen LogP contribution in [0, 0.1) is 17.5 Å². The highest BCUT2D eigenvalue weighted by Crippen LogP contribution is 2.30. The summed E-state index contributed by atoms with van der Waals surface area (Å²) in [5.41, 5.74) is 4.70. The molecule has 3 rings (SSSR count). The molecule has 9 heteroatoms. The molecular formula is C14H6Cl2F3N3O. The van der Waals surface area contributed by atoms with Gasteiger partial charge in [-0.05, 0) is 6.07 Å². The Morgan fingerprint density at radius 3 is 2.52 bits per heavy atom. The highest BCUT2D eigenvalue weighted by atomic mass is 35.5. The van der Waals surface area contributed by atoms with Crippen molar-refractivity contribution in [2.75, 3.05) is 5.73 Å². The summed E-state index contributed by atoms with van der Waals surface area (Å²) in [5, 5.41) is -1.02. The van der Waals surface area contributed by atoms with E-state index in [0.29, 0.717) is 6.07 Å². The van der Waals surface area contributed by atoms with Crippen molar-refractivity contribution in [3.8, 4) is 5.82 Å². The monoisotopic (exact) mass is 359 g/mol. The topological polar surface area (TPSA) is 60.9 Å². The molecule has 2 aromatic heterocycles. The molecule has 0 saturated heterocycles. The molecule has 0 aliphatic heterocycles. The number of hydrogen-bond acceptors (Lipinski definition) is 3. The number of benzene rings is 1. The van der Waals surface area contributed by atoms with E-state index in [1.807, 2.05) is 0 Å². The Morgan fingerprint density at radius 2 is 1.83 bits per heavy atom. The van der Waals surface area contributed by atoms with E-state index in [2.05, 4.69) is 4.98 Å². The fraction of sp³-hybridized carbons (Fsp3) is 0. The summed E-state index contributed by atoms with van der Waals surface area (Å²) < 4.78 is 42.4. The van der Waals surface area contributed by atoms with E-state index < -0.39 is 27.9 Å². The normalized spacial score (nSPS) is 11.2. The van der Waals surface area contributed by atoms with Crippen molar-refractivity contribution in [2.45, 2.75) is 0 Å². The van der Waals surface area contributed by atoms with Gasteiger partial charge >= 0.3 is 0 Å². The summed E-state index contributed by atoms with van der Waals surface area (Å²) in [4.78, 5) is 15.6. The number of aromatic nitrogens is 2. The molecule has 0 unspecified atom stereocenters. The molecule has 1 aromatic carbocycles. The van der Waals surface area contributed by atoms with Crippen LogP contribution in [0.5, 0.6) is 0 Å². The number of halogens is 5. The molecule has 0 radical (unpaired) electrons. The molecule has 0 aliphatic carbocycles. The first-order valence-corrected chi connectivity index (χ1v) is 6.87. The minimum atomic E-state index is -1.36. The van der Waals surface area contributed by atoms with Crippen molar-refractivity contribution in [3.63, 3.8) is 0 Å². The minimum absolute atomic E-state index is 0.111. The molecule has 0 spiro atoms. The summed E-state index contributed by atoms with van der Waals surface area (Å²) in [6.07, 6.45) is 1.13. The highest BCUT2D eigenvalue weighted by molar-refractivity contribution is 6.35. The van der Waals surface area contributed by atoms with E-state index in [1.165, 1.54) is 0 Å². The Kier molecular flexibility index (Phi) is 3.69. The van der Waals surface area contributed by atoms with Gasteiger partial charge in [0.25, 0.3) is 0 Å². The lowest BCUT2D eigenvalue weighted by atomic mass is 10.2. The van der Waals surface area contributed by atoms with E-state index in [1.54, 1.807) is 0 Å². The number of anilines is 1. The van der Waals surface area contributed by atoms with Crippen molar-refractivity contribution < 1.29 is 13.2 Å². The van der Waals surface area contributed by atoms with Crippen molar-refractivity contribution in [1.82, 2.24) is 9.55 Å². The second-order valence-corrected chi connectivity index (χ2v) is 5.38. The van der Waals surface area contributed by atoms with E-state index in [-0.39, 0.29) is 27.6 Å². The Hall–Kier alpha value is -2.25. The lowest BCUT2D eigenvalue weighted by Crippen LogP contribution is -2.12. The maximum absolute atomic E-state index is 14.1. The largest absolute Gasteiger partial charge is 0.382 e. The van der Waals surface area contributed by atoms with Gasteiger partial charge in [0.2, 0.25) is 0 Å². The number of fused-ring (bicyclic) bond motifs is 1. The number of nitrogen functional groups attached to an aromatic ring is 1. The van der Waals surface area contributed by atoms with Crippen molar-refractivity contribution >= 4 is 39.9 Å². The summed E-state index contributed by atoms with van der Waals surface area (Å²) in [7, 11) is 0. The number of hydrogen-bond donors (Lipinski definition) is 1. The van der Waals surface area contributed by atoms with Gasteiger partial charge < -0.3 is 5.73 Å².